The van der Waals surface area contributed by atoms with Crippen LogP contribution in [0.2, 0.25) is 0 Å². The highest BCUT2D eigenvalue weighted by atomic mass is 32.2. The molecule has 35 heavy (non-hydrogen) atoms. The van der Waals surface area contributed by atoms with Crippen molar-refractivity contribution >= 4 is 51.7 Å². The van der Waals surface area contributed by atoms with E-state index in [1.807, 2.05) is 62.5 Å². The highest BCUT2D eigenvalue weighted by Gasteiger charge is 2.36. The van der Waals surface area contributed by atoms with E-state index < -0.39 is 0 Å². The van der Waals surface area contributed by atoms with E-state index in [2.05, 4.69) is 4.90 Å². The zero-order valence-electron chi connectivity index (χ0n) is 19.9. The van der Waals surface area contributed by atoms with Gasteiger partial charge in [-0.1, -0.05) is 79.6 Å². The molecule has 1 aliphatic heterocycles. The Labute approximate surface area is 214 Å². The number of rotatable bonds is 5. The standard InChI is InChI=1S/C27H28N4O2S2/c1-18(19-11-5-3-6-12-19)31-26(33)22(35-27(31)34)17-21-24(29(2)20-13-7-4-8-14-20)28-23-15-9-10-16-30(23)25(21)32/h3,5-6,9-12,15-18,20H,4,7-8,13-14H2,1-2H3/b22-17+. The Morgan fingerprint density at radius 2 is 1.80 bits per heavy atom. The van der Waals surface area contributed by atoms with Crippen LogP contribution in [0, 0.1) is 0 Å². The van der Waals surface area contributed by atoms with Crippen LogP contribution >= 0.6 is 24.0 Å². The molecule has 3 heterocycles. The van der Waals surface area contributed by atoms with Gasteiger partial charge in [0.05, 0.1) is 16.5 Å². The maximum atomic E-state index is 13.6. The summed E-state index contributed by atoms with van der Waals surface area (Å²) in [5.74, 6) is 0.439. The Morgan fingerprint density at radius 1 is 1.09 bits per heavy atom. The molecule has 6 nitrogen and oxygen atoms in total. The van der Waals surface area contributed by atoms with Crippen LogP contribution in [0.1, 0.15) is 56.2 Å². The summed E-state index contributed by atoms with van der Waals surface area (Å²) in [6.07, 6.45) is 9.15. The summed E-state index contributed by atoms with van der Waals surface area (Å²) in [6, 6.07) is 15.5. The number of anilines is 1. The van der Waals surface area contributed by atoms with E-state index in [0.717, 1.165) is 18.4 Å². The average molecular weight is 505 g/mol. The molecule has 2 aliphatic rings. The SMILES string of the molecule is CC(c1ccccc1)N1C(=O)/C(=C\c2c(N(C)C3CCCCC3)nc3ccccn3c2=O)SC1=S. The van der Waals surface area contributed by atoms with E-state index in [0.29, 0.717) is 32.3 Å². The zero-order chi connectivity index (χ0) is 24.5. The number of thioether (sulfide) groups is 1. The van der Waals surface area contributed by atoms with Crippen molar-refractivity contribution in [2.75, 3.05) is 11.9 Å². The first-order chi connectivity index (χ1) is 17.0. The fourth-order valence-electron chi connectivity index (χ4n) is 4.95. The fraction of sp³-hybridized carbons (Fsp3) is 0.333. The number of hydrogen-bond acceptors (Lipinski definition) is 6. The van der Waals surface area contributed by atoms with E-state index in [1.54, 1.807) is 17.2 Å². The predicted octanol–water partition coefficient (Wildman–Crippen LogP) is 5.43. The molecule has 1 amide bonds. The molecule has 0 N–H and O–H groups in total. The predicted molar refractivity (Wildman–Crippen MR) is 147 cm³/mol. The van der Waals surface area contributed by atoms with Crippen LogP contribution in [0.5, 0.6) is 0 Å². The molecule has 2 aromatic heterocycles. The summed E-state index contributed by atoms with van der Waals surface area (Å²) in [4.78, 5) is 36.2. The number of fused-ring (bicyclic) bond motifs is 1. The topological polar surface area (TPSA) is 57.9 Å². The van der Waals surface area contributed by atoms with Gasteiger partial charge in [0.15, 0.2) is 0 Å². The second-order valence-electron chi connectivity index (χ2n) is 9.12. The van der Waals surface area contributed by atoms with Crippen molar-refractivity contribution in [2.45, 2.75) is 51.1 Å². The monoisotopic (exact) mass is 504 g/mol. The van der Waals surface area contributed by atoms with Gasteiger partial charge in [-0.15, -0.1) is 0 Å². The Balaban J connectivity index is 1.58. The third kappa shape index (κ3) is 4.52. The molecule has 0 spiro atoms. The summed E-state index contributed by atoms with van der Waals surface area (Å²) in [6.45, 7) is 1.97. The average Bonchev–Trinajstić information content (AvgIpc) is 3.18. The number of nitrogens with zero attached hydrogens (tertiary/aromatic N) is 4. The number of amides is 1. The van der Waals surface area contributed by atoms with E-state index in [9.17, 15) is 9.59 Å². The van der Waals surface area contributed by atoms with Gasteiger partial charge in [0, 0.05) is 19.3 Å². The fourth-order valence-corrected chi connectivity index (χ4v) is 6.35. The van der Waals surface area contributed by atoms with Crippen LogP contribution in [0.3, 0.4) is 0 Å². The van der Waals surface area contributed by atoms with E-state index in [4.69, 9.17) is 17.2 Å². The Hall–Kier alpha value is -2.97. The van der Waals surface area contributed by atoms with Crippen molar-refractivity contribution in [1.82, 2.24) is 14.3 Å². The van der Waals surface area contributed by atoms with Crippen LogP contribution in [-0.4, -0.2) is 37.6 Å². The number of carbonyl (C=O) groups excluding carboxylic acids is 1. The molecule has 1 atom stereocenters. The second kappa shape index (κ2) is 9.95. The van der Waals surface area contributed by atoms with Crippen LogP contribution in [0.15, 0.2) is 64.4 Å². The summed E-state index contributed by atoms with van der Waals surface area (Å²) in [5, 5.41) is 0. The van der Waals surface area contributed by atoms with Gasteiger partial charge in [-0.3, -0.25) is 18.9 Å². The van der Waals surface area contributed by atoms with E-state index >= 15 is 0 Å². The van der Waals surface area contributed by atoms with Crippen molar-refractivity contribution in [3.05, 3.63) is 81.1 Å². The second-order valence-corrected chi connectivity index (χ2v) is 10.8. The zero-order valence-corrected chi connectivity index (χ0v) is 21.5. The smallest absolute Gasteiger partial charge is 0.267 e. The number of hydrogen-bond donors (Lipinski definition) is 0. The van der Waals surface area contributed by atoms with E-state index in [1.165, 1.54) is 35.4 Å². The highest BCUT2D eigenvalue weighted by Crippen LogP contribution is 2.38. The van der Waals surface area contributed by atoms with Crippen molar-refractivity contribution in [1.29, 1.82) is 0 Å². The normalized spacial score (nSPS) is 19.0. The lowest BCUT2D eigenvalue weighted by atomic mass is 9.94. The van der Waals surface area contributed by atoms with Crippen molar-refractivity contribution in [3.8, 4) is 0 Å². The maximum absolute atomic E-state index is 13.6. The molecule has 5 rings (SSSR count). The molecule has 1 aromatic carbocycles. The van der Waals surface area contributed by atoms with Gasteiger partial charge in [-0.25, -0.2) is 4.98 Å². The lowest BCUT2D eigenvalue weighted by molar-refractivity contribution is -0.123. The minimum atomic E-state index is -0.199. The van der Waals surface area contributed by atoms with Crippen LogP contribution in [0.4, 0.5) is 5.82 Å². The van der Waals surface area contributed by atoms with Crippen molar-refractivity contribution in [3.63, 3.8) is 0 Å². The van der Waals surface area contributed by atoms with E-state index in [-0.39, 0.29) is 17.5 Å². The van der Waals surface area contributed by atoms with Crippen LogP contribution < -0.4 is 10.5 Å². The largest absolute Gasteiger partial charge is 0.356 e. The molecule has 0 radical (unpaired) electrons. The first kappa shape index (κ1) is 23.8. The molecule has 3 aromatic rings. The third-order valence-corrected chi connectivity index (χ3v) is 8.30. The Morgan fingerprint density at radius 3 is 2.54 bits per heavy atom. The number of thiocarbonyl (C=S) groups is 1. The molecule has 1 saturated carbocycles. The van der Waals surface area contributed by atoms with Gasteiger partial charge in [-0.05, 0) is 43.5 Å². The van der Waals surface area contributed by atoms with Gasteiger partial charge in [0.2, 0.25) is 0 Å². The van der Waals surface area contributed by atoms with Gasteiger partial charge in [0.1, 0.15) is 15.8 Å². The lowest BCUT2D eigenvalue weighted by Gasteiger charge is -2.33. The molecule has 2 fully saturated rings. The molecule has 0 bridgehead atoms. The first-order valence-corrected chi connectivity index (χ1v) is 13.2. The molecular formula is C27H28N4O2S2. The summed E-state index contributed by atoms with van der Waals surface area (Å²) in [7, 11) is 2.01. The van der Waals surface area contributed by atoms with Gasteiger partial charge < -0.3 is 4.90 Å². The number of carbonyl (C=O) groups is 1. The van der Waals surface area contributed by atoms with Crippen LogP contribution in [-0.2, 0) is 4.79 Å². The molecule has 8 heteroatoms. The lowest BCUT2D eigenvalue weighted by Crippen LogP contribution is -2.36. The summed E-state index contributed by atoms with van der Waals surface area (Å²) < 4.78 is 2.03. The van der Waals surface area contributed by atoms with Gasteiger partial charge in [0.25, 0.3) is 11.5 Å². The molecule has 1 aliphatic carbocycles. The van der Waals surface area contributed by atoms with Gasteiger partial charge >= 0.3 is 0 Å². The molecule has 1 unspecified atom stereocenters. The highest BCUT2D eigenvalue weighted by molar-refractivity contribution is 8.26. The number of benzene rings is 1. The molecular weight excluding hydrogens is 476 g/mol. The Kier molecular flexibility index (Phi) is 6.75. The maximum Gasteiger partial charge on any atom is 0.267 e. The first-order valence-electron chi connectivity index (χ1n) is 12.0. The molecule has 1 saturated heterocycles. The Bertz CT molecular complexity index is 1360. The third-order valence-electron chi connectivity index (χ3n) is 6.97. The van der Waals surface area contributed by atoms with Crippen LogP contribution in [0.25, 0.3) is 11.7 Å². The van der Waals surface area contributed by atoms with Crippen molar-refractivity contribution < 1.29 is 4.79 Å². The van der Waals surface area contributed by atoms with Crippen molar-refractivity contribution in [2.24, 2.45) is 0 Å². The number of aromatic nitrogens is 2. The minimum absolute atomic E-state index is 0.180. The summed E-state index contributed by atoms with van der Waals surface area (Å²) in [5.41, 5.74) is 1.84. The van der Waals surface area contributed by atoms with Gasteiger partial charge in [-0.2, -0.15) is 0 Å². The molecule has 180 valence electrons. The minimum Gasteiger partial charge on any atom is -0.356 e. The summed E-state index contributed by atoms with van der Waals surface area (Å²) >= 11 is 6.85. The quantitative estimate of drug-likeness (QED) is 0.341. The number of pyridine rings is 1.